The van der Waals surface area contributed by atoms with Gasteiger partial charge in [0.25, 0.3) is 0 Å². The molecule has 9 heteroatoms. The van der Waals surface area contributed by atoms with E-state index in [1.54, 1.807) is 39.0 Å². The van der Waals surface area contributed by atoms with Crippen LogP contribution in [-0.2, 0) is 21.3 Å². The second kappa shape index (κ2) is 7.61. The Labute approximate surface area is 163 Å². The Morgan fingerprint density at radius 1 is 1.41 bits per heavy atom. The highest BCUT2D eigenvalue weighted by atomic mass is 35.5. The molecule has 1 heterocycles. The Kier molecular flexibility index (Phi) is 5.60. The molecule has 0 radical (unpaired) electrons. The summed E-state index contributed by atoms with van der Waals surface area (Å²) in [6.07, 6.45) is 2.40. The zero-order chi connectivity index (χ0) is 19.8. The first-order valence-electron chi connectivity index (χ1n) is 8.62. The van der Waals surface area contributed by atoms with E-state index in [-0.39, 0.29) is 40.2 Å². The van der Waals surface area contributed by atoms with Gasteiger partial charge in [0.15, 0.2) is 5.69 Å². The van der Waals surface area contributed by atoms with Gasteiger partial charge in [-0.3, -0.25) is 0 Å². The van der Waals surface area contributed by atoms with Crippen LogP contribution in [0, 0.1) is 6.92 Å². The van der Waals surface area contributed by atoms with Gasteiger partial charge in [0.1, 0.15) is 11.2 Å². The molecular weight excluding hydrogens is 392 g/mol. The Balaban J connectivity index is 1.87. The highest BCUT2D eigenvalue weighted by Gasteiger charge is 2.40. The van der Waals surface area contributed by atoms with E-state index in [2.05, 4.69) is 4.98 Å². The summed E-state index contributed by atoms with van der Waals surface area (Å²) >= 11 is 6.17. The smallest absolute Gasteiger partial charge is 0.360 e. The highest BCUT2D eigenvalue weighted by molar-refractivity contribution is 7.89. The second-order valence-corrected chi connectivity index (χ2v) is 8.98. The number of ether oxygens (including phenoxy) is 1. The Morgan fingerprint density at radius 3 is 2.70 bits per heavy atom. The lowest BCUT2D eigenvalue weighted by atomic mass is 10.2. The van der Waals surface area contributed by atoms with Crippen molar-refractivity contribution in [3.63, 3.8) is 0 Å². The molecule has 0 unspecified atom stereocenters. The molecule has 1 aromatic carbocycles. The van der Waals surface area contributed by atoms with Gasteiger partial charge in [0, 0.05) is 6.04 Å². The maximum absolute atomic E-state index is 13.2. The molecule has 3 rings (SSSR count). The van der Waals surface area contributed by atoms with Crippen LogP contribution in [0.15, 0.2) is 33.8 Å². The van der Waals surface area contributed by atoms with Crippen LogP contribution in [0.1, 0.15) is 48.6 Å². The van der Waals surface area contributed by atoms with E-state index in [1.807, 2.05) is 0 Å². The van der Waals surface area contributed by atoms with Gasteiger partial charge in [-0.1, -0.05) is 23.7 Å². The maximum atomic E-state index is 13.2. The lowest BCUT2D eigenvalue weighted by Crippen LogP contribution is -2.33. The molecule has 1 saturated carbocycles. The summed E-state index contributed by atoms with van der Waals surface area (Å²) in [7, 11) is -3.84. The van der Waals surface area contributed by atoms with Crippen LogP contribution in [0.2, 0.25) is 5.02 Å². The number of oxazole rings is 1. The van der Waals surface area contributed by atoms with Crippen LogP contribution in [0.25, 0.3) is 0 Å². The molecule has 146 valence electrons. The lowest BCUT2D eigenvalue weighted by molar-refractivity contribution is 0.0370. The van der Waals surface area contributed by atoms with Crippen molar-refractivity contribution in [3.05, 3.63) is 46.6 Å². The van der Waals surface area contributed by atoms with Gasteiger partial charge < -0.3 is 9.15 Å². The summed E-state index contributed by atoms with van der Waals surface area (Å²) in [4.78, 5) is 16.1. The number of halogens is 1. The lowest BCUT2D eigenvalue weighted by Gasteiger charge is -2.22. The van der Waals surface area contributed by atoms with Crippen molar-refractivity contribution < 1.29 is 22.4 Å². The van der Waals surface area contributed by atoms with E-state index in [4.69, 9.17) is 20.8 Å². The van der Waals surface area contributed by atoms with Crippen molar-refractivity contribution in [2.45, 2.75) is 57.2 Å². The van der Waals surface area contributed by atoms with Gasteiger partial charge in [-0.25, -0.2) is 18.2 Å². The Hall–Kier alpha value is -1.90. The molecule has 0 amide bonds. The third-order valence-electron chi connectivity index (χ3n) is 4.08. The molecule has 0 spiro atoms. The van der Waals surface area contributed by atoms with E-state index in [9.17, 15) is 13.2 Å². The summed E-state index contributed by atoms with van der Waals surface area (Å²) in [5.74, 6) is -0.478. The minimum absolute atomic E-state index is 0.0146. The third-order valence-corrected chi connectivity index (χ3v) is 6.61. The zero-order valence-electron chi connectivity index (χ0n) is 15.3. The van der Waals surface area contributed by atoms with Gasteiger partial charge in [0.05, 0.1) is 17.7 Å². The number of rotatable bonds is 7. The monoisotopic (exact) mass is 412 g/mol. The largest absolute Gasteiger partial charge is 0.458 e. The number of aryl methyl sites for hydroxylation is 1. The molecule has 0 bridgehead atoms. The van der Waals surface area contributed by atoms with Crippen LogP contribution >= 0.6 is 11.6 Å². The molecule has 1 fully saturated rings. The van der Waals surface area contributed by atoms with Crippen LogP contribution < -0.4 is 0 Å². The number of hydrogen-bond donors (Lipinski definition) is 0. The number of hydrogen-bond acceptors (Lipinski definition) is 6. The molecule has 0 saturated heterocycles. The van der Waals surface area contributed by atoms with E-state index in [1.165, 1.54) is 10.6 Å². The molecule has 1 aromatic heterocycles. The molecule has 2 aromatic rings. The van der Waals surface area contributed by atoms with E-state index < -0.39 is 16.0 Å². The minimum atomic E-state index is -3.84. The van der Waals surface area contributed by atoms with Gasteiger partial charge in [-0.15, -0.1) is 0 Å². The molecule has 27 heavy (non-hydrogen) atoms. The SMILES string of the molecule is Cc1cccc(Cl)c1S(=O)(=O)N(Cc1nc(C(=O)OC(C)C)co1)C1CC1. The third kappa shape index (κ3) is 4.34. The molecule has 7 nitrogen and oxygen atoms in total. The number of nitrogens with zero attached hydrogens (tertiary/aromatic N) is 2. The highest BCUT2D eigenvalue weighted by Crippen LogP contribution is 2.36. The van der Waals surface area contributed by atoms with E-state index >= 15 is 0 Å². The summed E-state index contributed by atoms with van der Waals surface area (Å²) in [6.45, 7) is 5.08. The molecule has 0 N–H and O–H groups in total. The number of carbonyl (C=O) groups is 1. The van der Waals surface area contributed by atoms with Crippen molar-refractivity contribution in [1.29, 1.82) is 0 Å². The first-order valence-corrected chi connectivity index (χ1v) is 10.4. The fraction of sp³-hybridized carbons (Fsp3) is 0.444. The van der Waals surface area contributed by atoms with Crippen molar-refractivity contribution in [2.75, 3.05) is 0 Å². The fourth-order valence-electron chi connectivity index (χ4n) is 2.72. The predicted octanol–water partition coefficient (Wildman–Crippen LogP) is 3.55. The number of aromatic nitrogens is 1. The van der Waals surface area contributed by atoms with Crippen molar-refractivity contribution in [1.82, 2.24) is 9.29 Å². The van der Waals surface area contributed by atoms with Crippen LogP contribution in [0.4, 0.5) is 0 Å². The van der Waals surface area contributed by atoms with Crippen LogP contribution in [-0.4, -0.2) is 35.8 Å². The molecule has 1 aliphatic rings. The number of benzene rings is 1. The molecule has 0 atom stereocenters. The zero-order valence-corrected chi connectivity index (χ0v) is 16.9. The summed E-state index contributed by atoms with van der Waals surface area (Å²) in [6, 6.07) is 4.83. The second-order valence-electron chi connectivity index (χ2n) is 6.75. The predicted molar refractivity (Wildman–Crippen MR) is 99.0 cm³/mol. The van der Waals surface area contributed by atoms with Gasteiger partial charge in [0.2, 0.25) is 15.9 Å². The number of carbonyl (C=O) groups excluding carboxylic acids is 1. The van der Waals surface area contributed by atoms with Crippen molar-refractivity contribution in [2.24, 2.45) is 0 Å². The Bertz CT molecular complexity index is 930. The fourth-order valence-corrected chi connectivity index (χ4v) is 5.14. The van der Waals surface area contributed by atoms with Crippen molar-refractivity contribution in [3.8, 4) is 0 Å². The minimum Gasteiger partial charge on any atom is -0.458 e. The van der Waals surface area contributed by atoms with Gasteiger partial charge >= 0.3 is 5.97 Å². The van der Waals surface area contributed by atoms with Crippen LogP contribution in [0.5, 0.6) is 0 Å². The van der Waals surface area contributed by atoms with E-state index in [0.29, 0.717) is 5.56 Å². The molecular formula is C18H21ClN2O5S. The van der Waals surface area contributed by atoms with Gasteiger partial charge in [-0.2, -0.15) is 4.31 Å². The summed E-state index contributed by atoms with van der Waals surface area (Å²) in [5.41, 5.74) is 0.586. The summed E-state index contributed by atoms with van der Waals surface area (Å²) in [5, 5.41) is 0.175. The Morgan fingerprint density at radius 2 is 2.11 bits per heavy atom. The number of sulfonamides is 1. The first kappa shape index (κ1) is 19.9. The average molecular weight is 413 g/mol. The normalized spacial score (nSPS) is 14.7. The number of esters is 1. The quantitative estimate of drug-likeness (QED) is 0.646. The maximum Gasteiger partial charge on any atom is 0.360 e. The van der Waals surface area contributed by atoms with Crippen LogP contribution in [0.3, 0.4) is 0 Å². The summed E-state index contributed by atoms with van der Waals surface area (Å²) < 4.78 is 38.2. The molecule has 1 aliphatic carbocycles. The average Bonchev–Trinajstić information content (AvgIpc) is 3.28. The topological polar surface area (TPSA) is 89.7 Å². The van der Waals surface area contributed by atoms with Gasteiger partial charge in [-0.05, 0) is 45.2 Å². The first-order chi connectivity index (χ1) is 12.7. The van der Waals surface area contributed by atoms with Crippen molar-refractivity contribution >= 4 is 27.6 Å². The standard InChI is InChI=1S/C18H21ClN2O5S/c1-11(2)26-18(22)15-10-25-16(20-15)9-21(13-7-8-13)27(23,24)17-12(3)5-4-6-14(17)19/h4-6,10-11,13H,7-9H2,1-3H3. The molecule has 0 aliphatic heterocycles. The van der Waals surface area contributed by atoms with E-state index in [0.717, 1.165) is 12.8 Å².